The van der Waals surface area contributed by atoms with Crippen LogP contribution in [0.25, 0.3) is 0 Å². The van der Waals surface area contributed by atoms with E-state index in [4.69, 9.17) is 9.47 Å². The third kappa shape index (κ3) is 24.3. The van der Waals surface area contributed by atoms with Crippen LogP contribution in [0.3, 0.4) is 0 Å². The molecule has 0 aliphatic rings. The Bertz CT molecular complexity index is 796. The number of benzene rings is 1. The molecule has 6 nitrogen and oxygen atoms in total. The van der Waals surface area contributed by atoms with Gasteiger partial charge in [-0.05, 0) is 97.0 Å². The molecule has 0 unspecified atom stereocenters. The van der Waals surface area contributed by atoms with E-state index in [-0.39, 0.29) is 11.9 Å². The van der Waals surface area contributed by atoms with Crippen LogP contribution in [0.15, 0.2) is 24.3 Å². The Morgan fingerprint density at radius 2 is 0.783 bits per heavy atom. The molecule has 0 atom stereocenters. The molecule has 1 aromatic rings. The number of hydrogen-bond donors (Lipinski definition) is 0. The average molecular weight is 645 g/mol. The third-order valence-corrected chi connectivity index (χ3v) is 8.96. The summed E-state index contributed by atoms with van der Waals surface area (Å²) in [5, 5.41) is 0. The van der Waals surface area contributed by atoms with Gasteiger partial charge in [0.05, 0.1) is 24.3 Å². The van der Waals surface area contributed by atoms with Gasteiger partial charge in [0.15, 0.2) is 0 Å². The first-order valence-electron chi connectivity index (χ1n) is 19.3. The second-order valence-corrected chi connectivity index (χ2v) is 13.5. The molecule has 0 heterocycles. The molecule has 6 heteroatoms. The molecule has 0 aliphatic heterocycles. The van der Waals surface area contributed by atoms with Gasteiger partial charge in [-0.2, -0.15) is 0 Å². The van der Waals surface area contributed by atoms with Crippen molar-refractivity contribution in [2.75, 3.05) is 53.5 Å². The van der Waals surface area contributed by atoms with Crippen LogP contribution in [0.1, 0.15) is 176 Å². The Kier molecular flexibility index (Phi) is 27.8. The lowest BCUT2D eigenvalue weighted by Crippen LogP contribution is -2.21. The molecule has 1 rings (SSSR count). The minimum Gasteiger partial charge on any atom is -0.462 e. The monoisotopic (exact) mass is 645 g/mol. The summed E-state index contributed by atoms with van der Waals surface area (Å²) in [5.41, 5.74) is 0.796. The highest BCUT2D eigenvalue weighted by Gasteiger charge is 2.13. The lowest BCUT2D eigenvalue weighted by molar-refractivity contribution is 0.0494. The van der Waals surface area contributed by atoms with Gasteiger partial charge in [0.1, 0.15) is 0 Å². The minimum absolute atomic E-state index is 0.382. The molecule has 0 radical (unpaired) electrons. The van der Waals surface area contributed by atoms with E-state index >= 15 is 0 Å². The highest BCUT2D eigenvalue weighted by atomic mass is 16.5. The number of unbranched alkanes of at least 4 members (excludes halogenated alkanes) is 18. The van der Waals surface area contributed by atoms with Crippen molar-refractivity contribution in [1.29, 1.82) is 0 Å². The highest BCUT2D eigenvalue weighted by molar-refractivity contribution is 5.95. The van der Waals surface area contributed by atoms with E-state index in [0.717, 1.165) is 51.9 Å². The Labute approximate surface area is 284 Å². The maximum Gasteiger partial charge on any atom is 0.338 e. The van der Waals surface area contributed by atoms with Crippen molar-refractivity contribution in [3.63, 3.8) is 0 Å². The number of ether oxygens (including phenoxy) is 2. The van der Waals surface area contributed by atoms with Gasteiger partial charge in [-0.1, -0.05) is 123 Å². The molecule has 0 saturated heterocycles. The van der Waals surface area contributed by atoms with Gasteiger partial charge in [0.2, 0.25) is 0 Å². The van der Waals surface area contributed by atoms with Crippen molar-refractivity contribution in [3.8, 4) is 0 Å². The summed E-state index contributed by atoms with van der Waals surface area (Å²) in [6.45, 7) is 9.63. The van der Waals surface area contributed by atoms with Gasteiger partial charge in [0.25, 0.3) is 0 Å². The summed E-state index contributed by atoms with van der Waals surface area (Å²) in [7, 11) is 4.36. The highest BCUT2D eigenvalue weighted by Crippen LogP contribution is 2.12. The van der Waals surface area contributed by atoms with Crippen LogP contribution in [0.2, 0.25) is 0 Å². The standard InChI is InChI=1S/C40H72N2O4/c1-5-7-9-11-13-15-17-19-21-30-41(3)32-23-25-34-45-39(43)37-28-27-29-38(36-37)40(44)46-35-26-24-33-42(4)31-22-20-18-16-14-12-10-8-6-2/h27-29,36H,5-26,30-35H2,1-4H3. The fourth-order valence-electron chi connectivity index (χ4n) is 5.85. The Hall–Kier alpha value is -1.92. The van der Waals surface area contributed by atoms with Gasteiger partial charge in [-0.25, -0.2) is 9.59 Å². The predicted molar refractivity (Wildman–Crippen MR) is 195 cm³/mol. The first-order valence-corrected chi connectivity index (χ1v) is 19.3. The molecular weight excluding hydrogens is 572 g/mol. The number of esters is 2. The minimum atomic E-state index is -0.382. The van der Waals surface area contributed by atoms with Gasteiger partial charge in [-0.3, -0.25) is 0 Å². The zero-order valence-corrected chi connectivity index (χ0v) is 30.6. The zero-order chi connectivity index (χ0) is 33.5. The molecule has 0 spiro atoms. The first kappa shape index (κ1) is 42.1. The van der Waals surface area contributed by atoms with Crippen LogP contribution < -0.4 is 0 Å². The summed E-state index contributed by atoms with van der Waals surface area (Å²) in [4.78, 5) is 29.9. The van der Waals surface area contributed by atoms with Crippen molar-refractivity contribution < 1.29 is 19.1 Å². The quantitative estimate of drug-likeness (QED) is 0.0574. The van der Waals surface area contributed by atoms with Crippen molar-refractivity contribution in [2.24, 2.45) is 0 Å². The van der Waals surface area contributed by atoms with Crippen molar-refractivity contribution in [3.05, 3.63) is 35.4 Å². The number of carbonyl (C=O) groups is 2. The fourth-order valence-corrected chi connectivity index (χ4v) is 5.85. The molecule has 1 aromatic carbocycles. The molecular formula is C40H72N2O4. The maximum atomic E-state index is 12.6. The molecule has 0 saturated carbocycles. The second kappa shape index (κ2) is 30.4. The predicted octanol–water partition coefficient (Wildman–Crippen LogP) is 10.5. The summed E-state index contributed by atoms with van der Waals surface area (Å²) >= 11 is 0. The SMILES string of the molecule is CCCCCCCCCCCN(C)CCCCOC(=O)c1cccc(C(=O)OCCCCN(C)CCCCCCCCCCC)c1. The maximum absolute atomic E-state index is 12.6. The molecule has 0 amide bonds. The van der Waals surface area contributed by atoms with E-state index < -0.39 is 0 Å². The zero-order valence-electron chi connectivity index (χ0n) is 30.6. The number of nitrogens with zero attached hydrogens (tertiary/aromatic N) is 2. The Morgan fingerprint density at radius 1 is 0.478 bits per heavy atom. The lowest BCUT2D eigenvalue weighted by Gasteiger charge is -2.16. The van der Waals surface area contributed by atoms with Crippen molar-refractivity contribution in [1.82, 2.24) is 9.80 Å². The molecule has 266 valence electrons. The Balaban J connectivity index is 2.08. The van der Waals surface area contributed by atoms with E-state index in [0.29, 0.717) is 24.3 Å². The molecule has 46 heavy (non-hydrogen) atoms. The van der Waals surface area contributed by atoms with Crippen LogP contribution in [0.5, 0.6) is 0 Å². The van der Waals surface area contributed by atoms with Crippen LogP contribution in [0.4, 0.5) is 0 Å². The first-order chi connectivity index (χ1) is 22.5. The van der Waals surface area contributed by atoms with Gasteiger partial charge >= 0.3 is 11.9 Å². The summed E-state index contributed by atoms with van der Waals surface area (Å²) in [6.07, 6.45) is 28.1. The second-order valence-electron chi connectivity index (χ2n) is 13.5. The van der Waals surface area contributed by atoms with E-state index in [1.807, 2.05) is 0 Å². The van der Waals surface area contributed by atoms with Gasteiger partial charge < -0.3 is 19.3 Å². The smallest absolute Gasteiger partial charge is 0.338 e. The van der Waals surface area contributed by atoms with Crippen LogP contribution in [-0.4, -0.2) is 75.2 Å². The molecule has 0 N–H and O–H groups in total. The van der Waals surface area contributed by atoms with Crippen LogP contribution in [-0.2, 0) is 9.47 Å². The van der Waals surface area contributed by atoms with E-state index in [2.05, 4.69) is 37.7 Å². The Morgan fingerprint density at radius 3 is 1.13 bits per heavy atom. The summed E-state index contributed by atoms with van der Waals surface area (Å²) in [5.74, 6) is -0.764. The third-order valence-electron chi connectivity index (χ3n) is 8.96. The lowest BCUT2D eigenvalue weighted by atomic mass is 10.1. The average Bonchev–Trinajstić information content (AvgIpc) is 3.06. The van der Waals surface area contributed by atoms with Gasteiger partial charge in [0, 0.05) is 0 Å². The summed E-state index contributed by atoms with van der Waals surface area (Å²) in [6, 6.07) is 6.70. The number of hydrogen-bond acceptors (Lipinski definition) is 6. The molecule has 0 aromatic heterocycles. The number of rotatable bonds is 32. The van der Waals surface area contributed by atoms with E-state index in [1.54, 1.807) is 24.3 Å². The van der Waals surface area contributed by atoms with E-state index in [9.17, 15) is 9.59 Å². The van der Waals surface area contributed by atoms with E-state index in [1.165, 1.54) is 116 Å². The fraction of sp³-hybridized carbons (Fsp3) is 0.800. The van der Waals surface area contributed by atoms with Gasteiger partial charge in [-0.15, -0.1) is 0 Å². The largest absolute Gasteiger partial charge is 0.462 e. The number of carbonyl (C=O) groups excluding carboxylic acids is 2. The topological polar surface area (TPSA) is 59.1 Å². The van der Waals surface area contributed by atoms with Crippen LogP contribution in [0, 0.1) is 0 Å². The van der Waals surface area contributed by atoms with Crippen LogP contribution >= 0.6 is 0 Å². The molecule has 0 aliphatic carbocycles. The molecule has 0 bridgehead atoms. The normalized spacial score (nSPS) is 11.4. The summed E-state index contributed by atoms with van der Waals surface area (Å²) < 4.78 is 11.0. The van der Waals surface area contributed by atoms with Crippen molar-refractivity contribution >= 4 is 11.9 Å². The molecule has 0 fully saturated rings. The van der Waals surface area contributed by atoms with Crippen molar-refractivity contribution in [2.45, 2.75) is 155 Å².